The van der Waals surface area contributed by atoms with E-state index < -0.39 is 52.4 Å². The monoisotopic (exact) mass is 508 g/mol. The van der Waals surface area contributed by atoms with Gasteiger partial charge in [-0.3, -0.25) is 14.4 Å². The van der Waals surface area contributed by atoms with Crippen LogP contribution in [0.4, 0.5) is 4.79 Å². The average molecular weight is 509 g/mol. The number of ether oxygens (including phenoxy) is 1. The zero-order valence-corrected chi connectivity index (χ0v) is 20.8. The van der Waals surface area contributed by atoms with Gasteiger partial charge < -0.3 is 15.4 Å². The number of nitrogens with two attached hydrogens (primary N) is 1. The van der Waals surface area contributed by atoms with Gasteiger partial charge in [0.2, 0.25) is 0 Å². The van der Waals surface area contributed by atoms with Crippen molar-refractivity contribution in [2.75, 3.05) is 32.9 Å². The van der Waals surface area contributed by atoms with Crippen LogP contribution >= 0.6 is 0 Å². The molecule has 0 aromatic carbocycles. The van der Waals surface area contributed by atoms with Crippen LogP contribution in [0.5, 0.6) is 0 Å². The number of urea groups is 1. The van der Waals surface area contributed by atoms with E-state index >= 15 is 0 Å². The molecule has 0 saturated carbocycles. The molecule has 0 radical (unpaired) electrons. The predicted molar refractivity (Wildman–Crippen MR) is 119 cm³/mol. The number of carbonyl (C=O) groups is 3. The van der Waals surface area contributed by atoms with E-state index in [1.807, 2.05) is 0 Å². The molecule has 0 aromatic rings. The Kier molecular flexibility index (Phi) is 10.5. The van der Waals surface area contributed by atoms with Crippen molar-refractivity contribution in [2.45, 2.75) is 71.4 Å². The summed E-state index contributed by atoms with van der Waals surface area (Å²) in [6.45, 7) is 5.22. The number of fused-ring (bicyclic) bond motifs is 2. The summed E-state index contributed by atoms with van der Waals surface area (Å²) >= 11 is 0. The van der Waals surface area contributed by atoms with E-state index in [-0.39, 0.29) is 26.3 Å². The van der Waals surface area contributed by atoms with Gasteiger partial charge in [0.15, 0.2) is 0 Å². The molecular formula is C20H36N4O9S. The van der Waals surface area contributed by atoms with Crippen molar-refractivity contribution in [1.82, 2.24) is 15.4 Å². The van der Waals surface area contributed by atoms with E-state index in [0.717, 1.165) is 25.7 Å². The van der Waals surface area contributed by atoms with Crippen LogP contribution in [0.2, 0.25) is 0 Å². The van der Waals surface area contributed by atoms with E-state index in [0.29, 0.717) is 17.9 Å². The summed E-state index contributed by atoms with van der Waals surface area (Å²) in [7, 11) is -4.66. The SMILES string of the molecule is CCCCCCOC(=O)C(C)(C)COS(=O)(=O)ON1C(=O)N2C[C@H]1CC[C@H]2C(=O)NOCCN. The fourth-order valence-electron chi connectivity index (χ4n) is 3.54. The highest BCUT2D eigenvalue weighted by Crippen LogP contribution is 2.31. The number of nitrogens with one attached hydrogen (secondary N) is 1. The highest BCUT2D eigenvalue weighted by molar-refractivity contribution is 7.81. The summed E-state index contributed by atoms with van der Waals surface area (Å²) in [5.74, 6) is -1.12. The largest absolute Gasteiger partial charge is 0.465 e. The number of rotatable bonds is 15. The first-order valence-electron chi connectivity index (χ1n) is 11.5. The van der Waals surface area contributed by atoms with Crippen LogP contribution in [0.1, 0.15) is 59.3 Å². The van der Waals surface area contributed by atoms with Crippen molar-refractivity contribution in [3.63, 3.8) is 0 Å². The van der Waals surface area contributed by atoms with Crippen LogP contribution in [0.25, 0.3) is 0 Å². The molecule has 2 atom stereocenters. The number of hydroxylamine groups is 3. The van der Waals surface area contributed by atoms with Gasteiger partial charge in [-0.2, -0.15) is 13.5 Å². The molecule has 34 heavy (non-hydrogen) atoms. The molecule has 2 saturated heterocycles. The summed E-state index contributed by atoms with van der Waals surface area (Å²) in [5.41, 5.74) is 6.28. The van der Waals surface area contributed by atoms with Crippen molar-refractivity contribution >= 4 is 28.3 Å². The van der Waals surface area contributed by atoms with Crippen molar-refractivity contribution < 1.29 is 40.8 Å². The van der Waals surface area contributed by atoms with E-state index in [1.165, 1.54) is 18.7 Å². The number of amides is 3. The summed E-state index contributed by atoms with van der Waals surface area (Å²) in [4.78, 5) is 43.4. The zero-order chi connectivity index (χ0) is 25.4. The minimum Gasteiger partial charge on any atom is -0.465 e. The third-order valence-electron chi connectivity index (χ3n) is 5.54. The van der Waals surface area contributed by atoms with Crippen molar-refractivity contribution in [3.8, 4) is 0 Å². The molecule has 2 heterocycles. The number of nitrogens with zero attached hydrogens (tertiary/aromatic N) is 2. The predicted octanol–water partition coefficient (Wildman–Crippen LogP) is 0.604. The molecule has 2 aliphatic rings. The van der Waals surface area contributed by atoms with Crippen molar-refractivity contribution in [3.05, 3.63) is 0 Å². The molecule has 2 bridgehead atoms. The fourth-order valence-corrected chi connectivity index (χ4v) is 4.40. The van der Waals surface area contributed by atoms with Gasteiger partial charge in [0.25, 0.3) is 5.91 Å². The Balaban J connectivity index is 1.87. The molecule has 0 spiro atoms. The van der Waals surface area contributed by atoms with Crippen LogP contribution in [0, 0.1) is 5.41 Å². The second-order valence-electron chi connectivity index (χ2n) is 8.94. The van der Waals surface area contributed by atoms with Crippen molar-refractivity contribution in [1.29, 1.82) is 0 Å². The molecular weight excluding hydrogens is 472 g/mol. The second kappa shape index (κ2) is 12.6. The highest BCUT2D eigenvalue weighted by Gasteiger charge is 2.49. The smallest absolute Gasteiger partial charge is 0.421 e. The van der Waals surface area contributed by atoms with Crippen LogP contribution in [0.15, 0.2) is 0 Å². The van der Waals surface area contributed by atoms with Crippen LogP contribution in [-0.4, -0.2) is 81.3 Å². The van der Waals surface area contributed by atoms with E-state index in [9.17, 15) is 22.8 Å². The molecule has 2 rings (SSSR count). The van der Waals surface area contributed by atoms with Gasteiger partial charge in [-0.05, 0) is 33.1 Å². The Bertz CT molecular complexity index is 821. The average Bonchev–Trinajstić information content (AvgIpc) is 3.02. The summed E-state index contributed by atoms with van der Waals surface area (Å²) in [5, 5.41) is 0.697. The maximum atomic E-state index is 12.7. The number of esters is 1. The molecule has 196 valence electrons. The highest BCUT2D eigenvalue weighted by atomic mass is 32.3. The lowest BCUT2D eigenvalue weighted by Gasteiger charge is -2.28. The Morgan fingerprint density at radius 1 is 1.18 bits per heavy atom. The topological polar surface area (TPSA) is 167 Å². The fraction of sp³-hybridized carbons (Fsp3) is 0.850. The summed E-state index contributed by atoms with van der Waals surface area (Å²) in [6, 6.07) is -2.18. The van der Waals surface area contributed by atoms with E-state index in [2.05, 4.69) is 12.4 Å². The van der Waals surface area contributed by atoms with Crippen LogP contribution in [0.3, 0.4) is 0 Å². The first-order valence-corrected chi connectivity index (χ1v) is 12.8. The molecule has 3 N–H and O–H groups in total. The quantitative estimate of drug-likeness (QED) is 0.182. The Labute approximate surface area is 200 Å². The number of hydrogen-bond acceptors (Lipinski definition) is 10. The Morgan fingerprint density at radius 3 is 2.59 bits per heavy atom. The van der Waals surface area contributed by atoms with Gasteiger partial charge in [0.05, 0.1) is 31.3 Å². The van der Waals surface area contributed by atoms with Gasteiger partial charge in [-0.15, -0.1) is 4.28 Å². The van der Waals surface area contributed by atoms with Gasteiger partial charge in [0.1, 0.15) is 6.04 Å². The molecule has 0 unspecified atom stereocenters. The van der Waals surface area contributed by atoms with Crippen LogP contribution in [-0.2, 0) is 38.0 Å². The minimum absolute atomic E-state index is 0.110. The first-order chi connectivity index (χ1) is 16.0. The molecule has 2 fully saturated rings. The maximum absolute atomic E-state index is 12.7. The Hall–Kier alpha value is -2.00. The number of piperidine rings is 1. The maximum Gasteiger partial charge on any atom is 0.421 e. The molecule has 14 heteroatoms. The second-order valence-corrected chi connectivity index (χ2v) is 10.1. The van der Waals surface area contributed by atoms with Gasteiger partial charge >= 0.3 is 22.4 Å². The van der Waals surface area contributed by atoms with Gasteiger partial charge in [-0.25, -0.2) is 14.5 Å². The van der Waals surface area contributed by atoms with Crippen molar-refractivity contribution in [2.24, 2.45) is 11.1 Å². The molecule has 2 aliphatic heterocycles. The standard InChI is InChI=1S/C20H36N4O9S/c1-4-5-6-7-11-30-18(26)20(2,3)14-32-34(28,29)33-24-15-8-9-16(23(13-15)19(24)27)17(25)22-31-12-10-21/h15-16H,4-14,21H2,1-3H3,(H,22,25)/t15-,16+/m1/s1. The van der Waals surface area contributed by atoms with E-state index in [1.54, 1.807) is 0 Å². The number of hydrogen-bond donors (Lipinski definition) is 2. The molecule has 0 aromatic heterocycles. The summed E-state index contributed by atoms with van der Waals surface area (Å²) < 4.78 is 39.8. The lowest BCUT2D eigenvalue weighted by atomic mass is 9.95. The Morgan fingerprint density at radius 2 is 1.91 bits per heavy atom. The van der Waals surface area contributed by atoms with E-state index in [4.69, 9.17) is 23.8 Å². The minimum atomic E-state index is -4.66. The third-order valence-corrected chi connectivity index (χ3v) is 6.29. The first kappa shape index (κ1) is 28.2. The molecule has 13 nitrogen and oxygen atoms in total. The third kappa shape index (κ3) is 7.77. The number of carbonyl (C=O) groups excluding carboxylic acids is 3. The van der Waals surface area contributed by atoms with Gasteiger partial charge in [0, 0.05) is 13.1 Å². The molecule has 0 aliphatic carbocycles. The normalized spacial score (nSPS) is 20.5. The zero-order valence-electron chi connectivity index (χ0n) is 20.0. The van der Waals surface area contributed by atoms with Gasteiger partial charge in [-0.1, -0.05) is 26.2 Å². The number of unbranched alkanes of at least 4 members (excludes halogenated alkanes) is 3. The lowest BCUT2D eigenvalue weighted by Crippen LogP contribution is -2.50. The molecule has 3 amide bonds. The summed E-state index contributed by atoms with van der Waals surface area (Å²) in [6.07, 6.45) is 4.40. The van der Waals surface area contributed by atoms with Crippen LogP contribution < -0.4 is 11.2 Å². The lowest BCUT2D eigenvalue weighted by molar-refractivity contribution is -0.156.